The molecule has 0 radical (unpaired) electrons. The first-order valence-electron chi connectivity index (χ1n) is 7.28. The monoisotopic (exact) mass is 340 g/mol. The maximum Gasteiger partial charge on any atom is 0.227 e. The number of nitrogens with zero attached hydrogens (tertiary/aromatic N) is 3. The Morgan fingerprint density at radius 3 is 2.50 bits per heavy atom. The number of ether oxygens (including phenoxy) is 1. The number of carbonyl (C=O) groups excluding carboxylic acids is 1. The van der Waals surface area contributed by atoms with Gasteiger partial charge in [0.1, 0.15) is 5.75 Å². The van der Waals surface area contributed by atoms with E-state index in [4.69, 9.17) is 4.74 Å². The molecule has 3 rings (SSSR count). The molecule has 1 heterocycles. The fourth-order valence-corrected chi connectivity index (χ4v) is 2.87. The van der Waals surface area contributed by atoms with Crippen LogP contribution in [0.5, 0.6) is 5.75 Å². The van der Waals surface area contributed by atoms with Gasteiger partial charge in [0.15, 0.2) is 5.82 Å². The van der Waals surface area contributed by atoms with E-state index in [9.17, 15) is 4.79 Å². The lowest BCUT2D eigenvalue weighted by atomic mass is 10.2. The van der Waals surface area contributed by atoms with E-state index in [0.29, 0.717) is 16.7 Å². The third kappa shape index (κ3) is 3.26. The molecule has 1 aromatic heterocycles. The van der Waals surface area contributed by atoms with Crippen molar-refractivity contribution in [2.75, 3.05) is 7.11 Å². The van der Waals surface area contributed by atoms with Crippen LogP contribution in [0.3, 0.4) is 0 Å². The molecule has 0 aliphatic heterocycles. The smallest absolute Gasteiger partial charge is 0.227 e. The van der Waals surface area contributed by atoms with E-state index in [0.717, 1.165) is 23.2 Å². The molecule has 0 saturated heterocycles. The molecule has 122 valence electrons. The summed E-state index contributed by atoms with van der Waals surface area (Å²) < 4.78 is 10.0. The second-order valence-corrected chi connectivity index (χ2v) is 5.71. The number of methoxy groups -OCH3 is 1. The molecule has 0 saturated carbocycles. The van der Waals surface area contributed by atoms with Crippen LogP contribution < -0.4 is 9.46 Å². The lowest BCUT2D eigenvalue weighted by Crippen LogP contribution is -2.12. The van der Waals surface area contributed by atoms with Gasteiger partial charge in [-0.25, -0.2) is 0 Å². The fourth-order valence-electron chi connectivity index (χ4n) is 2.27. The van der Waals surface area contributed by atoms with Crippen LogP contribution in [0.4, 0.5) is 0 Å². The van der Waals surface area contributed by atoms with Crippen molar-refractivity contribution in [1.82, 2.24) is 19.5 Å². The van der Waals surface area contributed by atoms with Crippen molar-refractivity contribution >= 4 is 17.9 Å². The number of hydrogen-bond acceptors (Lipinski definition) is 5. The first kappa shape index (κ1) is 16.1. The lowest BCUT2D eigenvalue weighted by Gasteiger charge is -2.12. The topological polar surface area (TPSA) is 69.0 Å². The summed E-state index contributed by atoms with van der Waals surface area (Å²) in [4.78, 5) is 11.2. The van der Waals surface area contributed by atoms with Crippen molar-refractivity contribution in [2.45, 2.75) is 12.1 Å². The summed E-state index contributed by atoms with van der Waals surface area (Å²) in [5.74, 6) is 1.20. The van der Waals surface area contributed by atoms with Gasteiger partial charge in [-0.05, 0) is 24.3 Å². The molecule has 3 aromatic rings. The third-order valence-corrected chi connectivity index (χ3v) is 4.12. The Bertz CT molecular complexity index is 849. The zero-order valence-electron chi connectivity index (χ0n) is 13.3. The molecular formula is C17H16N4O2S. The van der Waals surface area contributed by atoms with E-state index in [1.165, 1.54) is 6.92 Å². The van der Waals surface area contributed by atoms with E-state index in [1.807, 2.05) is 59.2 Å². The molecule has 0 aliphatic rings. The summed E-state index contributed by atoms with van der Waals surface area (Å²) in [5.41, 5.74) is 1.72. The van der Waals surface area contributed by atoms with Gasteiger partial charge in [0.25, 0.3) is 0 Å². The Hall–Kier alpha value is -2.80. The second-order valence-electron chi connectivity index (χ2n) is 4.94. The van der Waals surface area contributed by atoms with Gasteiger partial charge in [-0.3, -0.25) is 14.1 Å². The first-order valence-corrected chi connectivity index (χ1v) is 8.10. The van der Waals surface area contributed by atoms with Gasteiger partial charge >= 0.3 is 0 Å². The Balaban J connectivity index is 2.14. The van der Waals surface area contributed by atoms with Crippen LogP contribution in [0.2, 0.25) is 0 Å². The maximum absolute atomic E-state index is 11.2. The van der Waals surface area contributed by atoms with Gasteiger partial charge in [-0.1, -0.05) is 30.3 Å². The van der Waals surface area contributed by atoms with Crippen molar-refractivity contribution in [3.8, 4) is 22.8 Å². The highest BCUT2D eigenvalue weighted by molar-refractivity contribution is 7.97. The molecular weight excluding hydrogens is 324 g/mol. The summed E-state index contributed by atoms with van der Waals surface area (Å²) in [6.45, 7) is 1.46. The molecule has 24 heavy (non-hydrogen) atoms. The number of amides is 1. The van der Waals surface area contributed by atoms with E-state index in [1.54, 1.807) is 7.11 Å². The Morgan fingerprint density at radius 2 is 1.79 bits per heavy atom. The fraction of sp³-hybridized carbons (Fsp3) is 0.118. The van der Waals surface area contributed by atoms with Crippen molar-refractivity contribution in [3.63, 3.8) is 0 Å². The Labute approximate surface area is 144 Å². The molecule has 0 atom stereocenters. The van der Waals surface area contributed by atoms with Crippen molar-refractivity contribution < 1.29 is 9.53 Å². The number of nitrogens with one attached hydrogen (secondary N) is 1. The third-order valence-electron chi connectivity index (χ3n) is 3.28. The first-order chi connectivity index (χ1) is 11.7. The predicted octanol–water partition coefficient (Wildman–Crippen LogP) is 3.09. The predicted molar refractivity (Wildman–Crippen MR) is 93.0 cm³/mol. The van der Waals surface area contributed by atoms with Gasteiger partial charge < -0.3 is 4.74 Å². The molecule has 6 nitrogen and oxygen atoms in total. The number of para-hydroxylation sites is 2. The van der Waals surface area contributed by atoms with Gasteiger partial charge in [0.2, 0.25) is 11.1 Å². The molecule has 0 unspecified atom stereocenters. The minimum atomic E-state index is -0.151. The van der Waals surface area contributed by atoms with E-state index >= 15 is 0 Å². The Kier molecular flexibility index (Phi) is 4.81. The van der Waals surface area contributed by atoms with E-state index in [-0.39, 0.29) is 5.91 Å². The number of benzene rings is 2. The highest BCUT2D eigenvalue weighted by Gasteiger charge is 2.19. The molecule has 1 N–H and O–H groups in total. The summed E-state index contributed by atoms with van der Waals surface area (Å²) >= 11 is 1.13. The maximum atomic E-state index is 11.2. The molecule has 2 aromatic carbocycles. The van der Waals surface area contributed by atoms with Crippen LogP contribution in [-0.2, 0) is 4.79 Å². The highest BCUT2D eigenvalue weighted by Crippen LogP contribution is 2.32. The van der Waals surface area contributed by atoms with Gasteiger partial charge in [0.05, 0.1) is 12.7 Å². The summed E-state index contributed by atoms with van der Waals surface area (Å²) in [5, 5.41) is 9.10. The lowest BCUT2D eigenvalue weighted by molar-refractivity contribution is -0.117. The van der Waals surface area contributed by atoms with Crippen LogP contribution in [0.1, 0.15) is 6.92 Å². The number of aromatic nitrogens is 3. The van der Waals surface area contributed by atoms with Gasteiger partial charge in [-0.15, -0.1) is 10.2 Å². The molecule has 0 spiro atoms. The van der Waals surface area contributed by atoms with Crippen molar-refractivity contribution in [3.05, 3.63) is 54.6 Å². The quantitative estimate of drug-likeness (QED) is 0.723. The van der Waals surface area contributed by atoms with Crippen molar-refractivity contribution in [2.24, 2.45) is 0 Å². The standard InChI is InChI=1S/C17H16N4O2S/c1-12(22)20-24-17-19-18-16(14-10-6-7-11-15(14)23-2)21(17)13-8-4-3-5-9-13/h3-11H,1-2H3,(H,20,22). The molecule has 0 aliphatic carbocycles. The Morgan fingerprint density at radius 1 is 1.08 bits per heavy atom. The summed E-state index contributed by atoms with van der Waals surface area (Å²) in [7, 11) is 1.62. The zero-order chi connectivity index (χ0) is 16.9. The SMILES string of the molecule is COc1ccccc1-c1nnc(SNC(C)=O)n1-c1ccccc1. The molecule has 0 bridgehead atoms. The number of hydrogen-bond donors (Lipinski definition) is 1. The van der Waals surface area contributed by atoms with Crippen molar-refractivity contribution in [1.29, 1.82) is 0 Å². The summed E-state index contributed by atoms with van der Waals surface area (Å²) in [6, 6.07) is 17.4. The zero-order valence-corrected chi connectivity index (χ0v) is 14.1. The van der Waals surface area contributed by atoms with Gasteiger partial charge in [-0.2, -0.15) is 0 Å². The van der Waals surface area contributed by atoms with Crippen LogP contribution in [0.15, 0.2) is 59.8 Å². The van der Waals surface area contributed by atoms with E-state index < -0.39 is 0 Å². The second kappa shape index (κ2) is 7.18. The van der Waals surface area contributed by atoms with Crippen LogP contribution in [0.25, 0.3) is 17.1 Å². The normalized spacial score (nSPS) is 10.4. The largest absolute Gasteiger partial charge is 0.496 e. The minimum Gasteiger partial charge on any atom is -0.496 e. The molecule has 7 heteroatoms. The minimum absolute atomic E-state index is 0.151. The number of rotatable bonds is 5. The average Bonchev–Trinajstić information content (AvgIpc) is 3.04. The van der Waals surface area contributed by atoms with Crippen LogP contribution in [-0.4, -0.2) is 27.8 Å². The van der Waals surface area contributed by atoms with E-state index in [2.05, 4.69) is 14.9 Å². The number of carbonyl (C=O) groups is 1. The van der Waals surface area contributed by atoms with Gasteiger partial charge in [0, 0.05) is 24.6 Å². The van der Waals surface area contributed by atoms with Crippen LogP contribution in [0, 0.1) is 0 Å². The summed E-state index contributed by atoms with van der Waals surface area (Å²) in [6.07, 6.45) is 0. The molecule has 0 fully saturated rings. The average molecular weight is 340 g/mol. The highest BCUT2D eigenvalue weighted by atomic mass is 32.2. The molecule has 1 amide bonds. The van der Waals surface area contributed by atoms with Crippen LogP contribution >= 0.6 is 11.9 Å².